The van der Waals surface area contributed by atoms with Crippen molar-refractivity contribution in [1.29, 1.82) is 0 Å². The van der Waals surface area contributed by atoms with E-state index in [2.05, 4.69) is 18.0 Å². The van der Waals surface area contributed by atoms with Gasteiger partial charge in [-0.05, 0) is 48.2 Å². The van der Waals surface area contributed by atoms with Gasteiger partial charge in [0, 0.05) is 30.3 Å². The minimum absolute atomic E-state index is 0.0985. The minimum Gasteiger partial charge on any atom is -0.504 e. The summed E-state index contributed by atoms with van der Waals surface area (Å²) >= 11 is 0. The van der Waals surface area contributed by atoms with Crippen molar-refractivity contribution >= 4 is 11.9 Å². The molecular formula is C22H24N2O6. The number of phenols is 2. The number of hydrogen-bond acceptors (Lipinski definition) is 6. The van der Waals surface area contributed by atoms with Gasteiger partial charge in [0.1, 0.15) is 0 Å². The van der Waals surface area contributed by atoms with Gasteiger partial charge in [0.2, 0.25) is 0 Å². The van der Waals surface area contributed by atoms with Crippen LogP contribution in [0.5, 0.6) is 11.5 Å². The summed E-state index contributed by atoms with van der Waals surface area (Å²) in [6.45, 7) is -0.140. The van der Waals surface area contributed by atoms with Gasteiger partial charge in [0.25, 0.3) is 0 Å². The second-order valence-corrected chi connectivity index (χ2v) is 8.03. The van der Waals surface area contributed by atoms with Crippen LogP contribution in [0, 0.1) is 0 Å². The van der Waals surface area contributed by atoms with Crippen LogP contribution in [-0.2, 0) is 29.0 Å². The number of phenolic OH excluding ortho intramolecular Hbond substituents is 2. The van der Waals surface area contributed by atoms with E-state index in [0.717, 1.165) is 24.1 Å². The van der Waals surface area contributed by atoms with Crippen LogP contribution >= 0.6 is 0 Å². The van der Waals surface area contributed by atoms with E-state index in [1.54, 1.807) is 6.07 Å². The van der Waals surface area contributed by atoms with Gasteiger partial charge in [0.05, 0.1) is 13.1 Å². The summed E-state index contributed by atoms with van der Waals surface area (Å²) in [6, 6.07) is 7.92. The first-order chi connectivity index (χ1) is 14.3. The SMILES string of the molecule is CN1CCc2cccc3c2[C@H]1Cc1cc(CN(CC(=O)O)CC(=O)O)c(O)c(O)c1-3. The molecule has 1 heterocycles. The molecule has 4 N–H and O–H groups in total. The summed E-state index contributed by atoms with van der Waals surface area (Å²) in [5.74, 6) is -2.91. The van der Waals surface area contributed by atoms with Crippen LogP contribution in [0.3, 0.4) is 0 Å². The number of nitrogens with zero attached hydrogens (tertiary/aromatic N) is 2. The Kier molecular flexibility index (Phi) is 5.13. The van der Waals surface area contributed by atoms with Crippen molar-refractivity contribution in [3.63, 3.8) is 0 Å². The fraction of sp³-hybridized carbons (Fsp3) is 0.364. The monoisotopic (exact) mass is 412 g/mol. The standard InChI is InChI=1S/C22H24N2O6/c1-23-6-5-12-3-2-4-15-19(12)16(23)8-13-7-14(21(29)22(30)20(13)15)9-24(10-17(25)26)11-18(27)28/h2-4,7,16,29-30H,5-6,8-11H2,1H3,(H,25,26)(H,27,28)/t16-/m1/s1. The van der Waals surface area contributed by atoms with Crippen molar-refractivity contribution in [2.75, 3.05) is 26.7 Å². The molecule has 8 nitrogen and oxygen atoms in total. The molecule has 2 aromatic rings. The molecule has 1 atom stereocenters. The number of carboxylic acid groups (broad SMARTS) is 2. The van der Waals surface area contributed by atoms with Gasteiger partial charge in [-0.15, -0.1) is 0 Å². The second-order valence-electron chi connectivity index (χ2n) is 8.03. The maximum Gasteiger partial charge on any atom is 0.317 e. The molecule has 0 spiro atoms. The summed E-state index contributed by atoms with van der Waals surface area (Å²) in [4.78, 5) is 25.7. The smallest absolute Gasteiger partial charge is 0.317 e. The van der Waals surface area contributed by atoms with E-state index in [1.165, 1.54) is 16.0 Å². The Labute approximate surface area is 173 Å². The summed E-state index contributed by atoms with van der Waals surface area (Å²) in [5.41, 5.74) is 5.10. The molecule has 0 fully saturated rings. The molecule has 30 heavy (non-hydrogen) atoms. The molecule has 0 bridgehead atoms. The van der Waals surface area contributed by atoms with Crippen LogP contribution < -0.4 is 0 Å². The molecule has 0 aromatic heterocycles. The molecule has 1 aliphatic heterocycles. The predicted molar refractivity (Wildman–Crippen MR) is 109 cm³/mol. The summed E-state index contributed by atoms with van der Waals surface area (Å²) in [7, 11) is 2.07. The Balaban J connectivity index is 1.79. The maximum absolute atomic E-state index is 11.1. The molecule has 1 aliphatic carbocycles. The normalized spacial score (nSPS) is 17.5. The molecule has 2 aliphatic rings. The lowest BCUT2D eigenvalue weighted by molar-refractivity contribution is -0.142. The molecule has 8 heteroatoms. The molecule has 2 aromatic carbocycles. The lowest BCUT2D eigenvalue weighted by Gasteiger charge is -2.40. The quantitative estimate of drug-likeness (QED) is 0.530. The highest BCUT2D eigenvalue weighted by Gasteiger charge is 2.35. The molecule has 0 unspecified atom stereocenters. The average Bonchev–Trinajstić information content (AvgIpc) is 2.67. The highest BCUT2D eigenvalue weighted by atomic mass is 16.4. The lowest BCUT2D eigenvalue weighted by Crippen LogP contribution is -2.36. The fourth-order valence-electron chi connectivity index (χ4n) is 4.73. The Morgan fingerprint density at radius 1 is 1.10 bits per heavy atom. The zero-order valence-electron chi connectivity index (χ0n) is 16.6. The third-order valence-electron chi connectivity index (χ3n) is 6.02. The van der Waals surface area contributed by atoms with E-state index >= 15 is 0 Å². The van der Waals surface area contributed by atoms with Crippen LogP contribution in [0.1, 0.15) is 28.3 Å². The molecule has 0 amide bonds. The third-order valence-corrected chi connectivity index (χ3v) is 6.02. The molecule has 0 saturated heterocycles. The van der Waals surface area contributed by atoms with Gasteiger partial charge >= 0.3 is 11.9 Å². The minimum atomic E-state index is -1.16. The van der Waals surface area contributed by atoms with E-state index in [9.17, 15) is 19.8 Å². The number of hydrogen-bond donors (Lipinski definition) is 4. The highest BCUT2D eigenvalue weighted by Crippen LogP contribution is 2.51. The van der Waals surface area contributed by atoms with Gasteiger partial charge in [-0.3, -0.25) is 19.4 Å². The number of carbonyl (C=O) groups is 2. The average molecular weight is 412 g/mol. The summed E-state index contributed by atoms with van der Waals surface area (Å²) in [5, 5.41) is 39.7. The van der Waals surface area contributed by atoms with Gasteiger partial charge in [0.15, 0.2) is 11.5 Å². The molecule has 0 radical (unpaired) electrons. The highest BCUT2D eigenvalue weighted by molar-refractivity contribution is 5.83. The van der Waals surface area contributed by atoms with Crippen LogP contribution in [-0.4, -0.2) is 68.8 Å². The van der Waals surface area contributed by atoms with Crippen molar-refractivity contribution in [1.82, 2.24) is 9.80 Å². The van der Waals surface area contributed by atoms with Crippen molar-refractivity contribution in [2.24, 2.45) is 0 Å². The third kappa shape index (κ3) is 3.48. The number of carboxylic acids is 2. The first kappa shape index (κ1) is 20.2. The number of aromatic hydroxyl groups is 2. The summed E-state index contributed by atoms with van der Waals surface area (Å²) < 4.78 is 0. The maximum atomic E-state index is 11.1. The first-order valence-electron chi connectivity index (χ1n) is 9.81. The fourth-order valence-corrected chi connectivity index (χ4v) is 4.73. The number of benzene rings is 2. The molecule has 4 rings (SSSR count). The predicted octanol–water partition coefficient (Wildman–Crippen LogP) is 1.82. The van der Waals surface area contributed by atoms with E-state index in [4.69, 9.17) is 10.2 Å². The zero-order chi connectivity index (χ0) is 21.6. The summed E-state index contributed by atoms with van der Waals surface area (Å²) in [6.07, 6.45) is 1.57. The van der Waals surface area contributed by atoms with Gasteiger partial charge in [-0.25, -0.2) is 0 Å². The Bertz CT molecular complexity index is 1020. The van der Waals surface area contributed by atoms with Gasteiger partial charge in [-0.2, -0.15) is 0 Å². The van der Waals surface area contributed by atoms with Crippen LogP contribution in [0.2, 0.25) is 0 Å². The van der Waals surface area contributed by atoms with E-state index in [1.807, 2.05) is 12.1 Å². The second kappa shape index (κ2) is 7.62. The van der Waals surface area contributed by atoms with Crippen LogP contribution in [0.4, 0.5) is 0 Å². The number of aliphatic carboxylic acids is 2. The number of likely N-dealkylation sites (N-methyl/N-ethyl adjacent to an activating group) is 1. The Hall–Kier alpha value is -3.10. The Morgan fingerprint density at radius 3 is 2.47 bits per heavy atom. The van der Waals surface area contributed by atoms with E-state index < -0.39 is 25.0 Å². The lowest BCUT2D eigenvalue weighted by atomic mass is 9.76. The topological polar surface area (TPSA) is 122 Å². The zero-order valence-corrected chi connectivity index (χ0v) is 16.6. The van der Waals surface area contributed by atoms with Gasteiger partial charge in [-0.1, -0.05) is 18.2 Å². The van der Waals surface area contributed by atoms with Crippen molar-refractivity contribution in [3.8, 4) is 22.6 Å². The largest absolute Gasteiger partial charge is 0.504 e. The number of rotatable bonds is 6. The van der Waals surface area contributed by atoms with E-state index in [-0.39, 0.29) is 24.1 Å². The van der Waals surface area contributed by atoms with E-state index in [0.29, 0.717) is 17.5 Å². The van der Waals surface area contributed by atoms with Crippen LogP contribution in [0.15, 0.2) is 24.3 Å². The Morgan fingerprint density at radius 2 is 1.80 bits per heavy atom. The van der Waals surface area contributed by atoms with Gasteiger partial charge < -0.3 is 20.4 Å². The molecule has 0 saturated carbocycles. The molecular weight excluding hydrogens is 388 g/mol. The van der Waals surface area contributed by atoms with Crippen molar-refractivity contribution < 1.29 is 30.0 Å². The molecule has 158 valence electrons. The van der Waals surface area contributed by atoms with Crippen molar-refractivity contribution in [2.45, 2.75) is 25.4 Å². The first-order valence-corrected chi connectivity index (χ1v) is 9.81. The number of fused-ring (bicyclic) bond motifs is 2. The van der Waals surface area contributed by atoms with Crippen LogP contribution in [0.25, 0.3) is 11.1 Å². The van der Waals surface area contributed by atoms with Crippen molar-refractivity contribution in [3.05, 3.63) is 46.5 Å².